The Morgan fingerprint density at radius 3 is 2.45 bits per heavy atom. The standard InChI is InChI=1S/C21H38N4O4/c1-8-10-16(25-19(26)29-20(4,5)6)13-23-18(22-9-2)24-14-21(7,27)17-12-11-15(3)28-17/h11-12,16,27H,8-10,13-14H2,1-7H3,(H,25,26)(H2,22,23,24). The molecule has 4 N–H and O–H groups in total. The van der Waals surface area contributed by atoms with E-state index in [1.807, 2.05) is 40.7 Å². The predicted molar refractivity (Wildman–Crippen MR) is 115 cm³/mol. The second-order valence-electron chi connectivity index (χ2n) is 8.39. The molecule has 166 valence electrons. The van der Waals surface area contributed by atoms with E-state index in [1.54, 1.807) is 13.0 Å². The fourth-order valence-corrected chi connectivity index (χ4v) is 2.64. The predicted octanol–water partition coefficient (Wildman–Crippen LogP) is 3.04. The largest absolute Gasteiger partial charge is 0.463 e. The molecule has 8 heteroatoms. The molecular weight excluding hydrogens is 372 g/mol. The second kappa shape index (κ2) is 11.1. The molecule has 0 fully saturated rings. The summed E-state index contributed by atoms with van der Waals surface area (Å²) in [7, 11) is 0. The van der Waals surface area contributed by atoms with Crippen molar-refractivity contribution in [3.8, 4) is 0 Å². The molecule has 8 nitrogen and oxygen atoms in total. The Hall–Kier alpha value is -2.22. The van der Waals surface area contributed by atoms with E-state index in [0.29, 0.717) is 24.8 Å². The molecule has 0 saturated carbocycles. The molecule has 2 unspecified atom stereocenters. The van der Waals surface area contributed by atoms with Crippen molar-refractivity contribution >= 4 is 12.1 Å². The first-order valence-electron chi connectivity index (χ1n) is 10.3. The number of aliphatic hydroxyl groups is 1. The summed E-state index contributed by atoms with van der Waals surface area (Å²) in [6.07, 6.45) is 1.29. The number of aryl methyl sites for hydroxylation is 1. The van der Waals surface area contributed by atoms with Gasteiger partial charge in [-0.15, -0.1) is 0 Å². The van der Waals surface area contributed by atoms with E-state index >= 15 is 0 Å². The Morgan fingerprint density at radius 1 is 1.24 bits per heavy atom. The summed E-state index contributed by atoms with van der Waals surface area (Å²) >= 11 is 0. The van der Waals surface area contributed by atoms with Crippen molar-refractivity contribution in [2.45, 2.75) is 78.6 Å². The van der Waals surface area contributed by atoms with Gasteiger partial charge in [0.15, 0.2) is 5.96 Å². The first-order chi connectivity index (χ1) is 13.5. The van der Waals surface area contributed by atoms with Gasteiger partial charge in [0.05, 0.1) is 6.54 Å². The number of aliphatic imine (C=N–C) groups is 1. The number of carbonyl (C=O) groups excluding carboxylic acids is 1. The van der Waals surface area contributed by atoms with Crippen LogP contribution in [0.2, 0.25) is 0 Å². The quantitative estimate of drug-likeness (QED) is 0.368. The topological polar surface area (TPSA) is 108 Å². The van der Waals surface area contributed by atoms with Crippen LogP contribution in [0.3, 0.4) is 0 Å². The van der Waals surface area contributed by atoms with Gasteiger partial charge < -0.3 is 30.2 Å². The average molecular weight is 411 g/mol. The van der Waals surface area contributed by atoms with Crippen molar-refractivity contribution in [1.29, 1.82) is 0 Å². The normalized spacial score (nSPS) is 15.4. The third-order valence-corrected chi connectivity index (χ3v) is 4.03. The van der Waals surface area contributed by atoms with Crippen LogP contribution in [0.1, 0.15) is 65.9 Å². The molecule has 0 spiro atoms. The summed E-state index contributed by atoms with van der Waals surface area (Å²) in [4.78, 5) is 16.6. The van der Waals surface area contributed by atoms with Gasteiger partial charge >= 0.3 is 6.09 Å². The molecule has 0 saturated heterocycles. The fourth-order valence-electron chi connectivity index (χ4n) is 2.64. The van der Waals surface area contributed by atoms with Crippen LogP contribution in [0, 0.1) is 6.92 Å². The van der Waals surface area contributed by atoms with E-state index < -0.39 is 17.3 Å². The van der Waals surface area contributed by atoms with Crippen LogP contribution in [0.4, 0.5) is 4.79 Å². The highest BCUT2D eigenvalue weighted by Crippen LogP contribution is 2.23. The zero-order chi connectivity index (χ0) is 22.1. The summed E-state index contributed by atoms with van der Waals surface area (Å²) in [5.74, 6) is 1.78. The number of furan rings is 1. The highest BCUT2D eigenvalue weighted by molar-refractivity contribution is 5.80. The third-order valence-electron chi connectivity index (χ3n) is 4.03. The molecule has 1 rings (SSSR count). The highest BCUT2D eigenvalue weighted by atomic mass is 16.6. The number of ether oxygens (including phenoxy) is 1. The van der Waals surface area contributed by atoms with Crippen LogP contribution in [-0.4, -0.2) is 48.4 Å². The number of nitrogens with one attached hydrogen (secondary N) is 3. The Bertz CT molecular complexity index is 662. The van der Waals surface area contributed by atoms with Gasteiger partial charge in [0, 0.05) is 19.1 Å². The van der Waals surface area contributed by atoms with Gasteiger partial charge in [-0.2, -0.15) is 0 Å². The van der Waals surface area contributed by atoms with Crippen LogP contribution < -0.4 is 16.0 Å². The summed E-state index contributed by atoms with van der Waals surface area (Å²) in [6, 6.07) is 3.47. The summed E-state index contributed by atoms with van der Waals surface area (Å²) in [6.45, 7) is 14.3. The molecule has 1 aromatic heterocycles. The summed E-state index contributed by atoms with van der Waals surface area (Å²) in [5, 5.41) is 20.0. The van der Waals surface area contributed by atoms with Crippen molar-refractivity contribution < 1.29 is 19.1 Å². The van der Waals surface area contributed by atoms with Crippen LogP contribution in [0.5, 0.6) is 0 Å². The van der Waals surface area contributed by atoms with E-state index in [2.05, 4.69) is 27.9 Å². The van der Waals surface area contributed by atoms with Crippen LogP contribution in [-0.2, 0) is 10.3 Å². The SMILES string of the molecule is CCCC(CNC(=NCC(C)(O)c1ccc(C)o1)NCC)NC(=O)OC(C)(C)C. The molecule has 0 aliphatic carbocycles. The van der Waals surface area contributed by atoms with Crippen molar-refractivity contribution in [3.63, 3.8) is 0 Å². The number of amides is 1. The van der Waals surface area contributed by atoms with Crippen molar-refractivity contribution in [2.75, 3.05) is 19.6 Å². The smallest absolute Gasteiger partial charge is 0.407 e. The molecule has 0 bridgehead atoms. The van der Waals surface area contributed by atoms with E-state index in [9.17, 15) is 9.90 Å². The van der Waals surface area contributed by atoms with E-state index in [0.717, 1.165) is 18.6 Å². The number of rotatable bonds is 9. The van der Waals surface area contributed by atoms with Gasteiger partial charge in [-0.3, -0.25) is 0 Å². The van der Waals surface area contributed by atoms with E-state index in [-0.39, 0.29) is 12.6 Å². The van der Waals surface area contributed by atoms with Crippen molar-refractivity contribution in [3.05, 3.63) is 23.7 Å². The average Bonchev–Trinajstić information content (AvgIpc) is 3.03. The monoisotopic (exact) mass is 410 g/mol. The minimum atomic E-state index is -1.21. The van der Waals surface area contributed by atoms with Gasteiger partial charge in [0.1, 0.15) is 22.7 Å². The zero-order valence-corrected chi connectivity index (χ0v) is 18.9. The fraction of sp³-hybridized carbons (Fsp3) is 0.714. The summed E-state index contributed by atoms with van der Waals surface area (Å²) in [5.41, 5.74) is -1.76. The Labute approximate surface area is 174 Å². The molecule has 0 radical (unpaired) electrons. The maximum absolute atomic E-state index is 12.1. The van der Waals surface area contributed by atoms with Gasteiger partial charge in [-0.25, -0.2) is 9.79 Å². The van der Waals surface area contributed by atoms with Crippen LogP contribution >= 0.6 is 0 Å². The molecule has 29 heavy (non-hydrogen) atoms. The maximum Gasteiger partial charge on any atom is 0.407 e. The van der Waals surface area contributed by atoms with Crippen molar-refractivity contribution in [1.82, 2.24) is 16.0 Å². The van der Waals surface area contributed by atoms with Crippen LogP contribution in [0.25, 0.3) is 0 Å². The molecule has 0 aromatic carbocycles. The number of guanidine groups is 1. The lowest BCUT2D eigenvalue weighted by molar-refractivity contribution is 0.0428. The molecule has 1 amide bonds. The maximum atomic E-state index is 12.1. The molecule has 2 atom stereocenters. The van der Waals surface area contributed by atoms with Crippen molar-refractivity contribution in [2.24, 2.45) is 4.99 Å². The van der Waals surface area contributed by atoms with Gasteiger partial charge in [-0.05, 0) is 60.1 Å². The molecule has 0 aliphatic heterocycles. The number of carbonyl (C=O) groups is 1. The molecule has 1 heterocycles. The number of hydrogen-bond acceptors (Lipinski definition) is 5. The number of hydrogen-bond donors (Lipinski definition) is 4. The molecule has 1 aromatic rings. The lowest BCUT2D eigenvalue weighted by atomic mass is 10.0. The first kappa shape index (κ1) is 24.8. The lowest BCUT2D eigenvalue weighted by Crippen LogP contribution is -2.48. The lowest BCUT2D eigenvalue weighted by Gasteiger charge is -2.24. The summed E-state index contributed by atoms with van der Waals surface area (Å²) < 4.78 is 10.9. The first-order valence-corrected chi connectivity index (χ1v) is 10.3. The van der Waals surface area contributed by atoms with E-state index in [4.69, 9.17) is 9.15 Å². The Morgan fingerprint density at radius 2 is 1.93 bits per heavy atom. The van der Waals surface area contributed by atoms with Gasteiger partial charge in [0.2, 0.25) is 0 Å². The zero-order valence-electron chi connectivity index (χ0n) is 18.9. The van der Waals surface area contributed by atoms with Crippen LogP contribution in [0.15, 0.2) is 21.5 Å². The molecule has 0 aliphatic rings. The minimum Gasteiger partial charge on any atom is -0.463 e. The Kier molecular flexibility index (Phi) is 9.49. The van der Waals surface area contributed by atoms with Gasteiger partial charge in [0.25, 0.3) is 0 Å². The minimum absolute atomic E-state index is 0.105. The number of alkyl carbamates (subject to hydrolysis) is 1. The Balaban J connectivity index is 2.72. The second-order valence-corrected chi connectivity index (χ2v) is 8.39. The van der Waals surface area contributed by atoms with Gasteiger partial charge in [-0.1, -0.05) is 13.3 Å². The number of nitrogens with zero attached hydrogens (tertiary/aromatic N) is 1. The third kappa shape index (κ3) is 9.69. The molecular formula is C21H38N4O4. The highest BCUT2D eigenvalue weighted by Gasteiger charge is 2.27. The van der Waals surface area contributed by atoms with E-state index in [1.165, 1.54) is 0 Å².